The largest absolute Gasteiger partial charge is 0.471 e. The molecule has 126 valence electrons. The first-order chi connectivity index (χ1) is 10.4. The van der Waals surface area contributed by atoms with E-state index in [-0.39, 0.29) is 11.4 Å². The number of alkyl halides is 6. The Morgan fingerprint density at radius 3 is 1.74 bits per heavy atom. The Morgan fingerprint density at radius 2 is 1.30 bits per heavy atom. The molecule has 0 aliphatic carbocycles. The van der Waals surface area contributed by atoms with E-state index < -0.39 is 37.3 Å². The topological polar surface area (TPSA) is 40.6 Å². The number of carbonyl (C=O) groups is 2. The van der Waals surface area contributed by atoms with E-state index in [0.717, 1.165) is 12.1 Å². The molecule has 23 heavy (non-hydrogen) atoms. The van der Waals surface area contributed by atoms with E-state index >= 15 is 0 Å². The molecule has 1 aromatic rings. The van der Waals surface area contributed by atoms with Gasteiger partial charge in [-0.25, -0.2) is 0 Å². The monoisotopic (exact) mass is 340 g/mol. The highest BCUT2D eigenvalue weighted by Gasteiger charge is 2.48. The fourth-order valence-electron chi connectivity index (χ4n) is 2.25. The summed E-state index contributed by atoms with van der Waals surface area (Å²) in [5.41, 5.74) is -0.331. The minimum Gasteiger partial charge on any atom is -0.301 e. The average molecular weight is 340 g/mol. The number of hydrogen-bond donors (Lipinski definition) is 0. The zero-order valence-corrected chi connectivity index (χ0v) is 11.6. The van der Waals surface area contributed by atoms with Crippen LogP contribution in [0.15, 0.2) is 18.2 Å². The van der Waals surface area contributed by atoms with Crippen molar-refractivity contribution in [1.82, 2.24) is 0 Å². The van der Waals surface area contributed by atoms with Crippen LogP contribution in [0.25, 0.3) is 0 Å². The van der Waals surface area contributed by atoms with Gasteiger partial charge in [-0.1, -0.05) is 6.07 Å². The average Bonchev–Trinajstić information content (AvgIpc) is 2.42. The summed E-state index contributed by atoms with van der Waals surface area (Å²) in [6, 6.07) is 3.57. The maximum absolute atomic E-state index is 12.6. The van der Waals surface area contributed by atoms with E-state index in [1.165, 1.54) is 13.0 Å². The molecule has 0 radical (unpaired) electrons. The Hall–Kier alpha value is -2.26. The van der Waals surface area contributed by atoms with E-state index in [4.69, 9.17) is 0 Å². The second kappa shape index (κ2) is 5.43. The molecule has 0 unspecified atom stereocenters. The number of carbonyl (C=O) groups excluding carboxylic acids is 2. The van der Waals surface area contributed by atoms with Gasteiger partial charge in [-0.05, 0) is 24.6 Å². The predicted octanol–water partition coefficient (Wildman–Crippen LogP) is 2.80. The minimum atomic E-state index is -5.17. The minimum absolute atomic E-state index is 0.328. The highest BCUT2D eigenvalue weighted by molar-refractivity contribution is 6.07. The van der Waals surface area contributed by atoms with Crippen LogP contribution in [0.4, 0.5) is 37.7 Å². The fraction of sp³-hybridized carbons (Fsp3) is 0.385. The number of halogens is 6. The van der Waals surface area contributed by atoms with Crippen molar-refractivity contribution in [3.05, 3.63) is 23.8 Å². The molecule has 2 amide bonds. The van der Waals surface area contributed by atoms with Crippen molar-refractivity contribution < 1.29 is 35.9 Å². The smallest absolute Gasteiger partial charge is 0.301 e. The Balaban J connectivity index is 2.50. The molecule has 0 bridgehead atoms. The lowest BCUT2D eigenvalue weighted by Gasteiger charge is -2.37. The Kier molecular flexibility index (Phi) is 4.03. The first-order valence-electron chi connectivity index (χ1n) is 6.31. The summed E-state index contributed by atoms with van der Waals surface area (Å²) in [6.45, 7) is 0.133. The molecule has 1 aromatic carbocycles. The summed E-state index contributed by atoms with van der Waals surface area (Å²) in [5, 5.41) is 0. The summed E-state index contributed by atoms with van der Waals surface area (Å²) < 4.78 is 75.7. The molecule has 0 aromatic heterocycles. The second-order valence-corrected chi connectivity index (χ2v) is 4.90. The Morgan fingerprint density at radius 1 is 0.870 bits per heavy atom. The maximum atomic E-state index is 12.6. The lowest BCUT2D eigenvalue weighted by molar-refractivity contribution is -0.171. The van der Waals surface area contributed by atoms with Crippen molar-refractivity contribution in [2.45, 2.75) is 19.3 Å². The second-order valence-electron chi connectivity index (χ2n) is 4.90. The molecular weight excluding hydrogens is 330 g/mol. The third-order valence-corrected chi connectivity index (χ3v) is 3.24. The van der Waals surface area contributed by atoms with Crippen LogP contribution >= 0.6 is 0 Å². The fourth-order valence-corrected chi connectivity index (χ4v) is 2.25. The molecule has 1 aliphatic heterocycles. The Bertz CT molecular complexity index is 653. The van der Waals surface area contributed by atoms with Crippen LogP contribution in [0.2, 0.25) is 0 Å². The molecule has 0 N–H and O–H groups in total. The number of anilines is 2. The zero-order valence-electron chi connectivity index (χ0n) is 11.6. The number of nitrogens with zero attached hydrogens (tertiary/aromatic N) is 2. The highest BCUT2D eigenvalue weighted by atomic mass is 19.4. The van der Waals surface area contributed by atoms with Crippen molar-refractivity contribution in [2.24, 2.45) is 0 Å². The van der Waals surface area contributed by atoms with Crippen LogP contribution in [-0.2, 0) is 9.59 Å². The molecular formula is C13H10F6N2O2. The van der Waals surface area contributed by atoms with E-state index in [1.807, 2.05) is 0 Å². The van der Waals surface area contributed by atoms with Gasteiger partial charge < -0.3 is 9.80 Å². The SMILES string of the molecule is Cc1ccc2c(c1)N(C(=O)C(F)(F)F)CCN2C(=O)C(F)(F)F. The number of aryl methyl sites for hydroxylation is 1. The van der Waals surface area contributed by atoms with E-state index in [0.29, 0.717) is 15.4 Å². The highest BCUT2D eigenvalue weighted by Crippen LogP contribution is 2.38. The number of benzene rings is 1. The standard InChI is InChI=1S/C13H10F6N2O2/c1-7-2-3-8-9(6-7)21(11(23)13(17,18)19)5-4-20(8)10(22)12(14,15)16/h2-3,6H,4-5H2,1H3. The molecule has 1 aliphatic rings. The van der Waals surface area contributed by atoms with Gasteiger partial charge in [-0.2, -0.15) is 26.3 Å². The summed E-state index contributed by atoms with van der Waals surface area (Å²) in [5.74, 6) is -4.38. The van der Waals surface area contributed by atoms with Gasteiger partial charge >= 0.3 is 24.2 Å². The maximum Gasteiger partial charge on any atom is 0.471 e. The summed E-state index contributed by atoms with van der Waals surface area (Å²) in [7, 11) is 0. The molecule has 0 atom stereocenters. The lowest BCUT2D eigenvalue weighted by atomic mass is 10.1. The van der Waals surface area contributed by atoms with Crippen LogP contribution in [0.3, 0.4) is 0 Å². The van der Waals surface area contributed by atoms with Crippen LogP contribution in [0, 0.1) is 6.92 Å². The molecule has 10 heteroatoms. The van der Waals surface area contributed by atoms with Crippen molar-refractivity contribution in [1.29, 1.82) is 0 Å². The molecule has 0 saturated heterocycles. The zero-order chi connectivity index (χ0) is 17.6. The van der Waals surface area contributed by atoms with E-state index in [2.05, 4.69) is 0 Å². The van der Waals surface area contributed by atoms with Gasteiger partial charge in [-0.3, -0.25) is 9.59 Å². The van der Waals surface area contributed by atoms with E-state index in [1.54, 1.807) is 0 Å². The third kappa shape index (κ3) is 3.25. The molecule has 0 spiro atoms. The normalized spacial score (nSPS) is 15.4. The van der Waals surface area contributed by atoms with Crippen LogP contribution in [-0.4, -0.2) is 37.3 Å². The number of hydrogen-bond acceptors (Lipinski definition) is 2. The number of amides is 2. The number of rotatable bonds is 0. The summed E-state index contributed by atoms with van der Waals surface area (Å²) in [6.07, 6.45) is -10.3. The van der Waals surface area contributed by atoms with Gasteiger partial charge in [0, 0.05) is 13.1 Å². The van der Waals surface area contributed by atoms with E-state index in [9.17, 15) is 35.9 Å². The first-order valence-corrected chi connectivity index (χ1v) is 6.31. The van der Waals surface area contributed by atoms with Gasteiger partial charge in [0.2, 0.25) is 0 Å². The van der Waals surface area contributed by atoms with Gasteiger partial charge in [0.1, 0.15) is 0 Å². The molecule has 0 fully saturated rings. The van der Waals surface area contributed by atoms with Crippen molar-refractivity contribution >= 4 is 23.2 Å². The van der Waals surface area contributed by atoms with Crippen LogP contribution < -0.4 is 9.80 Å². The summed E-state index contributed by atoms with van der Waals surface area (Å²) >= 11 is 0. The van der Waals surface area contributed by atoms with Gasteiger partial charge in [0.15, 0.2) is 0 Å². The van der Waals surface area contributed by atoms with Crippen LogP contribution in [0.1, 0.15) is 5.56 Å². The van der Waals surface area contributed by atoms with Crippen molar-refractivity contribution in [2.75, 3.05) is 22.9 Å². The predicted molar refractivity (Wildman–Crippen MR) is 68.0 cm³/mol. The van der Waals surface area contributed by atoms with Crippen LogP contribution in [0.5, 0.6) is 0 Å². The Labute approximate surface area is 126 Å². The van der Waals surface area contributed by atoms with Crippen molar-refractivity contribution in [3.8, 4) is 0 Å². The summed E-state index contributed by atoms with van der Waals surface area (Å²) in [4.78, 5) is 23.5. The lowest BCUT2D eigenvalue weighted by Crippen LogP contribution is -2.52. The molecule has 0 saturated carbocycles. The van der Waals surface area contributed by atoms with Gasteiger partial charge in [-0.15, -0.1) is 0 Å². The van der Waals surface area contributed by atoms with Gasteiger partial charge in [0.05, 0.1) is 11.4 Å². The molecule has 4 nitrogen and oxygen atoms in total. The first kappa shape index (κ1) is 17.1. The van der Waals surface area contributed by atoms with Gasteiger partial charge in [0.25, 0.3) is 0 Å². The number of fused-ring (bicyclic) bond motifs is 1. The molecule has 2 rings (SSSR count). The molecule has 1 heterocycles. The van der Waals surface area contributed by atoms with Crippen molar-refractivity contribution in [3.63, 3.8) is 0 Å². The third-order valence-electron chi connectivity index (χ3n) is 3.24. The quantitative estimate of drug-likeness (QED) is 0.682.